The maximum Gasteiger partial charge on any atom is 0.267 e. The fraction of sp³-hybridized carbons (Fsp3) is 0.263. The standard InChI is InChI=1S/C19H18N4O2S2/c1-12-13(4-2-8-20-12)18(25)23-10-3-5-14(23)15-6-7-16(27-15)17(24)22-19-21-9-11-26-19/h2,4,6-9,11,14H,3,5,10H2,1H3,(H,21,22,24). The summed E-state index contributed by atoms with van der Waals surface area (Å²) < 4.78 is 0. The highest BCUT2D eigenvalue weighted by atomic mass is 32.1. The molecule has 0 aromatic carbocycles. The van der Waals surface area contributed by atoms with Gasteiger partial charge in [0.05, 0.1) is 16.5 Å². The van der Waals surface area contributed by atoms with Crippen LogP contribution in [0.4, 0.5) is 5.13 Å². The molecule has 0 bridgehead atoms. The van der Waals surface area contributed by atoms with E-state index < -0.39 is 0 Å². The quantitative estimate of drug-likeness (QED) is 0.717. The summed E-state index contributed by atoms with van der Waals surface area (Å²) in [5.41, 5.74) is 1.38. The largest absolute Gasteiger partial charge is 0.331 e. The molecule has 8 heteroatoms. The van der Waals surface area contributed by atoms with Gasteiger partial charge in [-0.25, -0.2) is 4.98 Å². The minimum absolute atomic E-state index is 0.00326. The molecule has 1 fully saturated rings. The molecule has 1 aliphatic rings. The predicted octanol–water partition coefficient (Wildman–Crippen LogP) is 4.14. The van der Waals surface area contributed by atoms with Gasteiger partial charge in [-0.1, -0.05) is 0 Å². The molecule has 2 amide bonds. The molecule has 4 rings (SSSR count). The Morgan fingerprint density at radius 2 is 2.11 bits per heavy atom. The summed E-state index contributed by atoms with van der Waals surface area (Å²) in [7, 11) is 0. The molecular formula is C19H18N4O2S2. The molecular weight excluding hydrogens is 380 g/mol. The summed E-state index contributed by atoms with van der Waals surface area (Å²) in [6.07, 6.45) is 5.20. The lowest BCUT2D eigenvalue weighted by Crippen LogP contribution is -2.30. The minimum atomic E-state index is -0.167. The van der Waals surface area contributed by atoms with E-state index in [1.165, 1.54) is 22.7 Å². The van der Waals surface area contributed by atoms with Crippen molar-refractivity contribution in [2.45, 2.75) is 25.8 Å². The fourth-order valence-corrected chi connectivity index (χ4v) is 4.84. The van der Waals surface area contributed by atoms with Crippen molar-refractivity contribution >= 4 is 39.6 Å². The normalized spacial score (nSPS) is 16.5. The van der Waals surface area contributed by atoms with Gasteiger partial charge in [0.25, 0.3) is 11.8 Å². The molecule has 1 atom stereocenters. The number of pyridine rings is 1. The Kier molecular flexibility index (Phi) is 5.00. The number of amides is 2. The van der Waals surface area contributed by atoms with E-state index in [4.69, 9.17) is 0 Å². The smallest absolute Gasteiger partial charge is 0.267 e. The number of nitrogens with one attached hydrogen (secondary N) is 1. The van der Waals surface area contributed by atoms with Crippen molar-refractivity contribution in [2.75, 3.05) is 11.9 Å². The Balaban J connectivity index is 1.53. The lowest BCUT2D eigenvalue weighted by molar-refractivity contribution is 0.0736. The second-order valence-electron chi connectivity index (χ2n) is 6.29. The minimum Gasteiger partial charge on any atom is -0.331 e. The first-order valence-corrected chi connectivity index (χ1v) is 10.4. The zero-order valence-corrected chi connectivity index (χ0v) is 16.3. The van der Waals surface area contributed by atoms with Crippen molar-refractivity contribution in [1.29, 1.82) is 0 Å². The zero-order valence-electron chi connectivity index (χ0n) is 14.7. The van der Waals surface area contributed by atoms with Crippen LogP contribution in [0.1, 0.15) is 49.5 Å². The Labute approximate surface area is 164 Å². The predicted molar refractivity (Wildman–Crippen MR) is 106 cm³/mol. The summed E-state index contributed by atoms with van der Waals surface area (Å²) in [6, 6.07) is 7.38. The Bertz CT molecular complexity index is 968. The second kappa shape index (κ2) is 7.58. The first-order valence-electron chi connectivity index (χ1n) is 8.66. The highest BCUT2D eigenvalue weighted by Crippen LogP contribution is 2.37. The van der Waals surface area contributed by atoms with Gasteiger partial charge in [-0.15, -0.1) is 22.7 Å². The van der Waals surface area contributed by atoms with E-state index in [0.717, 1.165) is 30.0 Å². The molecule has 1 N–H and O–H groups in total. The average molecular weight is 399 g/mol. The highest BCUT2D eigenvalue weighted by molar-refractivity contribution is 7.15. The molecule has 0 saturated carbocycles. The number of anilines is 1. The molecule has 1 unspecified atom stereocenters. The van der Waals surface area contributed by atoms with Crippen LogP contribution in [0.25, 0.3) is 0 Å². The van der Waals surface area contributed by atoms with Crippen molar-refractivity contribution in [3.63, 3.8) is 0 Å². The van der Waals surface area contributed by atoms with E-state index in [1.54, 1.807) is 18.5 Å². The van der Waals surface area contributed by atoms with Gasteiger partial charge in [0.15, 0.2) is 5.13 Å². The monoisotopic (exact) mass is 398 g/mol. The maximum atomic E-state index is 13.0. The van der Waals surface area contributed by atoms with Crippen LogP contribution < -0.4 is 5.32 Å². The van der Waals surface area contributed by atoms with Crippen molar-refractivity contribution in [3.8, 4) is 0 Å². The van der Waals surface area contributed by atoms with Gasteiger partial charge in [0, 0.05) is 34.9 Å². The van der Waals surface area contributed by atoms with Crippen LogP contribution >= 0.6 is 22.7 Å². The Morgan fingerprint density at radius 1 is 1.22 bits per heavy atom. The molecule has 0 radical (unpaired) electrons. The summed E-state index contributed by atoms with van der Waals surface area (Å²) >= 11 is 2.82. The number of carbonyl (C=O) groups is 2. The molecule has 1 aliphatic heterocycles. The molecule has 6 nitrogen and oxygen atoms in total. The molecule has 0 spiro atoms. The van der Waals surface area contributed by atoms with Crippen molar-refractivity contribution in [1.82, 2.24) is 14.9 Å². The van der Waals surface area contributed by atoms with E-state index in [-0.39, 0.29) is 17.9 Å². The average Bonchev–Trinajstić information content (AvgIpc) is 3.41. The van der Waals surface area contributed by atoms with Crippen LogP contribution in [0.15, 0.2) is 42.0 Å². The topological polar surface area (TPSA) is 75.2 Å². The molecule has 3 aromatic rings. The maximum absolute atomic E-state index is 13.0. The first kappa shape index (κ1) is 17.8. The van der Waals surface area contributed by atoms with Gasteiger partial charge in [-0.2, -0.15) is 0 Å². The molecule has 0 aliphatic carbocycles. The number of nitrogens with zero attached hydrogens (tertiary/aromatic N) is 3. The number of thiophene rings is 1. The van der Waals surface area contributed by atoms with E-state index in [2.05, 4.69) is 15.3 Å². The number of carbonyl (C=O) groups excluding carboxylic acids is 2. The van der Waals surface area contributed by atoms with E-state index >= 15 is 0 Å². The second-order valence-corrected chi connectivity index (χ2v) is 8.30. The summed E-state index contributed by atoms with van der Waals surface area (Å²) in [4.78, 5) is 37.3. The van der Waals surface area contributed by atoms with E-state index in [9.17, 15) is 9.59 Å². The SMILES string of the molecule is Cc1ncccc1C(=O)N1CCCC1c1ccc(C(=O)Nc2nccs2)s1. The van der Waals surface area contributed by atoms with Crippen LogP contribution in [-0.2, 0) is 0 Å². The third kappa shape index (κ3) is 3.63. The summed E-state index contributed by atoms with van der Waals surface area (Å²) in [5, 5.41) is 5.20. The van der Waals surface area contributed by atoms with Crippen LogP contribution in [0, 0.1) is 6.92 Å². The lowest BCUT2D eigenvalue weighted by Gasteiger charge is -2.24. The van der Waals surface area contributed by atoms with Crippen LogP contribution in [0.2, 0.25) is 0 Å². The van der Waals surface area contributed by atoms with E-state index in [0.29, 0.717) is 15.6 Å². The van der Waals surface area contributed by atoms with Crippen LogP contribution in [0.3, 0.4) is 0 Å². The number of thiazole rings is 1. The van der Waals surface area contributed by atoms with Crippen molar-refractivity contribution in [3.05, 3.63) is 63.1 Å². The number of hydrogen-bond donors (Lipinski definition) is 1. The number of aryl methyl sites for hydroxylation is 1. The van der Waals surface area contributed by atoms with Gasteiger partial charge < -0.3 is 4.90 Å². The van der Waals surface area contributed by atoms with Gasteiger partial charge in [0.2, 0.25) is 0 Å². The third-order valence-electron chi connectivity index (χ3n) is 4.58. The Morgan fingerprint density at radius 3 is 2.89 bits per heavy atom. The molecule has 27 heavy (non-hydrogen) atoms. The summed E-state index contributed by atoms with van der Waals surface area (Å²) in [6.45, 7) is 2.57. The zero-order chi connectivity index (χ0) is 18.8. The molecule has 1 saturated heterocycles. The number of rotatable bonds is 4. The van der Waals surface area contributed by atoms with Crippen molar-refractivity contribution in [2.24, 2.45) is 0 Å². The molecule has 3 aromatic heterocycles. The number of aromatic nitrogens is 2. The highest BCUT2D eigenvalue weighted by Gasteiger charge is 2.32. The fourth-order valence-electron chi connectivity index (χ4n) is 3.27. The van der Waals surface area contributed by atoms with Gasteiger partial charge >= 0.3 is 0 Å². The number of likely N-dealkylation sites (tertiary alicyclic amines) is 1. The molecule has 4 heterocycles. The van der Waals surface area contributed by atoms with Gasteiger partial charge in [-0.05, 0) is 44.0 Å². The summed E-state index contributed by atoms with van der Waals surface area (Å²) in [5.74, 6) is -0.162. The lowest BCUT2D eigenvalue weighted by atomic mass is 10.1. The van der Waals surface area contributed by atoms with Crippen LogP contribution in [-0.4, -0.2) is 33.2 Å². The van der Waals surface area contributed by atoms with Crippen LogP contribution in [0.5, 0.6) is 0 Å². The third-order valence-corrected chi connectivity index (χ3v) is 6.46. The number of hydrogen-bond acceptors (Lipinski definition) is 6. The van der Waals surface area contributed by atoms with Crippen molar-refractivity contribution < 1.29 is 9.59 Å². The van der Waals surface area contributed by atoms with Gasteiger partial charge in [0.1, 0.15) is 0 Å². The van der Waals surface area contributed by atoms with E-state index in [1.807, 2.05) is 35.4 Å². The first-order chi connectivity index (χ1) is 13.1. The van der Waals surface area contributed by atoms with Gasteiger partial charge in [-0.3, -0.25) is 19.9 Å². The molecule has 138 valence electrons. The Hall–Kier alpha value is -2.58.